The van der Waals surface area contributed by atoms with Gasteiger partial charge in [-0.2, -0.15) is 5.10 Å². The molecule has 0 unspecified atom stereocenters. The fourth-order valence-corrected chi connectivity index (χ4v) is 4.45. The number of nitrogens with zero attached hydrogens (tertiary/aromatic N) is 7. The van der Waals surface area contributed by atoms with E-state index in [9.17, 15) is 9.90 Å². The molecule has 252 valence electrons. The van der Waals surface area contributed by atoms with Gasteiger partial charge in [-0.15, -0.1) is 5.75 Å². The van der Waals surface area contributed by atoms with Gasteiger partial charge in [-0.1, -0.05) is 30.3 Å². The third-order valence-corrected chi connectivity index (χ3v) is 6.79. The molecule has 0 saturated heterocycles. The number of benzene rings is 1. The van der Waals surface area contributed by atoms with Crippen LogP contribution in [0.5, 0.6) is 17.2 Å². The number of carbonyl (C=O) groups is 1. The topological polar surface area (TPSA) is 214 Å². The minimum Gasteiger partial charge on any atom is -0.881 e. The van der Waals surface area contributed by atoms with Gasteiger partial charge in [0.1, 0.15) is 29.0 Å². The number of pyridine rings is 3. The molecule has 5 aromatic rings. The zero-order chi connectivity index (χ0) is 36.1. The average Bonchev–Trinajstić information content (AvgIpc) is 3.53. The van der Waals surface area contributed by atoms with Crippen molar-refractivity contribution >= 4 is 34.7 Å². The van der Waals surface area contributed by atoms with Gasteiger partial charge in [0.15, 0.2) is 5.69 Å². The number of anilines is 3. The van der Waals surface area contributed by atoms with Crippen LogP contribution in [0.25, 0.3) is 9.69 Å². The molecule has 0 spiro atoms. The number of hydrogen-bond donors (Lipinski definition) is 4. The van der Waals surface area contributed by atoms with Gasteiger partial charge < -0.3 is 37.1 Å². The van der Waals surface area contributed by atoms with Crippen LogP contribution in [-0.2, 0) is 13.1 Å². The Balaban J connectivity index is 0.000000300. The standard InChI is InChI=1S/C19H21N5O2.C8H9N3O.C7H7N3O.Na/c1-13-16(17(26-2)8-18(20)23-13)10-21-19(25)15-9-22-24(12-15)11-14-6-4-3-5-7-14;1-5-8(10-2)6(12-3)4-7(9)11-5;1-4-7(9-2)5(11)3-6(8)10-4;/h3-9,12H,10-11H2,1-2H3,(H2,20,23)(H,21,25);4H,1,3H3,(H2,9,11);3H,1H3,(H3,8,10,11);/q;;;+1/p-1. The maximum atomic E-state index is 12.4. The molecular weight excluding hydrogens is 649 g/mol. The largest absolute Gasteiger partial charge is 1.00 e. The molecule has 4 heterocycles. The fourth-order valence-electron chi connectivity index (χ4n) is 4.45. The van der Waals surface area contributed by atoms with Gasteiger partial charge in [-0.3, -0.25) is 9.48 Å². The van der Waals surface area contributed by atoms with Gasteiger partial charge in [0.25, 0.3) is 5.91 Å². The molecule has 1 aromatic carbocycles. The van der Waals surface area contributed by atoms with E-state index in [1.807, 2.05) is 37.3 Å². The number of nitrogens with one attached hydrogen (secondary N) is 1. The number of aromatic nitrogens is 5. The van der Waals surface area contributed by atoms with Gasteiger partial charge in [0.05, 0.1) is 51.4 Å². The summed E-state index contributed by atoms with van der Waals surface area (Å²) in [5, 5.41) is 18.1. The van der Waals surface area contributed by atoms with Crippen LogP contribution in [-0.4, -0.2) is 44.9 Å². The third-order valence-electron chi connectivity index (χ3n) is 6.79. The summed E-state index contributed by atoms with van der Waals surface area (Å²) < 4.78 is 12.0. The molecule has 0 radical (unpaired) electrons. The summed E-state index contributed by atoms with van der Waals surface area (Å²) in [7, 11) is 3.07. The molecule has 16 heteroatoms. The van der Waals surface area contributed by atoms with E-state index in [1.54, 1.807) is 50.2 Å². The van der Waals surface area contributed by atoms with Gasteiger partial charge in [-0.25, -0.2) is 24.6 Å². The molecule has 15 nitrogen and oxygen atoms in total. The summed E-state index contributed by atoms with van der Waals surface area (Å²) in [5.74, 6) is 1.45. The zero-order valence-corrected chi connectivity index (χ0v) is 30.7. The van der Waals surface area contributed by atoms with E-state index in [2.05, 4.69) is 35.1 Å². The van der Waals surface area contributed by atoms with Crippen LogP contribution >= 0.6 is 0 Å². The Morgan fingerprint density at radius 3 is 1.96 bits per heavy atom. The van der Waals surface area contributed by atoms with Gasteiger partial charge in [0.2, 0.25) is 5.69 Å². The van der Waals surface area contributed by atoms with Crippen molar-refractivity contribution in [1.29, 1.82) is 0 Å². The predicted octanol–water partition coefficient (Wildman–Crippen LogP) is 1.29. The Morgan fingerprint density at radius 2 is 1.40 bits per heavy atom. The molecule has 0 saturated carbocycles. The van der Waals surface area contributed by atoms with E-state index < -0.39 is 0 Å². The van der Waals surface area contributed by atoms with Crippen molar-refractivity contribution in [3.05, 3.63) is 118 Å². The number of rotatable bonds is 7. The molecule has 5 rings (SSSR count). The molecule has 0 atom stereocenters. The quantitative estimate of drug-likeness (QED) is 0.141. The number of amides is 1. The Bertz CT molecular complexity index is 1980. The summed E-state index contributed by atoms with van der Waals surface area (Å²) in [4.78, 5) is 30.7. The number of nitrogen functional groups attached to an aromatic ring is 3. The van der Waals surface area contributed by atoms with Crippen molar-refractivity contribution in [2.24, 2.45) is 0 Å². The first kappa shape index (κ1) is 40.3. The molecule has 0 fully saturated rings. The van der Waals surface area contributed by atoms with Crippen molar-refractivity contribution in [3.63, 3.8) is 0 Å². The number of aryl methyl sites for hydroxylation is 3. The second-order valence-corrected chi connectivity index (χ2v) is 10.3. The second-order valence-electron chi connectivity index (χ2n) is 10.3. The first-order valence-corrected chi connectivity index (χ1v) is 14.5. The summed E-state index contributed by atoms with van der Waals surface area (Å²) in [5.41, 5.74) is 21.1. The van der Waals surface area contributed by atoms with Crippen molar-refractivity contribution in [2.75, 3.05) is 31.4 Å². The fraction of sp³-hybridized carbons (Fsp3) is 0.206. The van der Waals surface area contributed by atoms with Crippen molar-refractivity contribution in [1.82, 2.24) is 30.0 Å². The van der Waals surface area contributed by atoms with Crippen LogP contribution in [0.3, 0.4) is 0 Å². The number of nitrogens with two attached hydrogens (primary N) is 3. The zero-order valence-electron chi connectivity index (χ0n) is 28.7. The molecule has 0 aliphatic carbocycles. The summed E-state index contributed by atoms with van der Waals surface area (Å²) in [6.45, 7) is 19.6. The Labute approximate surface area is 312 Å². The SMILES string of the molecule is COc1cc(N)nc(C)c1CNC(=O)c1cnn(Cc2ccccc2)c1.[C-]#[N+]c1c(OC)cc(N)nc1C.[C-]#[N+]c1c([O-])cc(N)nc1C.[Na+]. The number of methoxy groups -OCH3 is 2. The molecule has 0 aliphatic rings. The molecule has 7 N–H and O–H groups in total. The predicted molar refractivity (Wildman–Crippen MR) is 184 cm³/mol. The molecule has 0 aliphatic heterocycles. The van der Waals surface area contributed by atoms with Crippen LogP contribution in [0.1, 0.15) is 38.6 Å². The monoisotopic (exact) mass is 685 g/mol. The number of ether oxygens (including phenoxy) is 2. The summed E-state index contributed by atoms with van der Waals surface area (Å²) in [6, 6.07) is 14.3. The van der Waals surface area contributed by atoms with Crippen molar-refractivity contribution in [3.8, 4) is 17.2 Å². The minimum atomic E-state index is -0.356. The van der Waals surface area contributed by atoms with E-state index in [-0.39, 0.29) is 52.7 Å². The van der Waals surface area contributed by atoms with E-state index >= 15 is 0 Å². The van der Waals surface area contributed by atoms with Crippen molar-refractivity contribution < 1.29 is 48.9 Å². The van der Waals surface area contributed by atoms with Crippen LogP contribution < -0.4 is 66.7 Å². The van der Waals surface area contributed by atoms with E-state index in [0.29, 0.717) is 58.9 Å². The van der Waals surface area contributed by atoms with Gasteiger partial charge >= 0.3 is 29.6 Å². The molecule has 0 bridgehead atoms. The van der Waals surface area contributed by atoms with E-state index in [4.69, 9.17) is 39.8 Å². The van der Waals surface area contributed by atoms with Crippen LogP contribution in [0.2, 0.25) is 0 Å². The minimum absolute atomic E-state index is 0. The molecule has 4 aromatic heterocycles. The Kier molecular flexibility index (Phi) is 15.5. The van der Waals surface area contributed by atoms with Crippen molar-refractivity contribution in [2.45, 2.75) is 33.9 Å². The van der Waals surface area contributed by atoms with Crippen LogP contribution in [0.15, 0.2) is 60.9 Å². The molecule has 1 amide bonds. The first-order valence-electron chi connectivity index (χ1n) is 14.5. The molecular formula is C34H36N11NaO4. The number of hydrogen-bond acceptors (Lipinski definition) is 11. The Hall–Kier alpha value is -5.87. The van der Waals surface area contributed by atoms with Crippen LogP contribution in [0, 0.1) is 33.9 Å². The summed E-state index contributed by atoms with van der Waals surface area (Å²) in [6.07, 6.45) is 3.29. The first-order chi connectivity index (χ1) is 23.4. The smallest absolute Gasteiger partial charge is 0.881 e. The molecule has 50 heavy (non-hydrogen) atoms. The van der Waals surface area contributed by atoms with Crippen LogP contribution in [0.4, 0.5) is 28.8 Å². The van der Waals surface area contributed by atoms with E-state index in [0.717, 1.165) is 22.9 Å². The number of carbonyl (C=O) groups excluding carboxylic acids is 1. The van der Waals surface area contributed by atoms with E-state index in [1.165, 1.54) is 7.11 Å². The third kappa shape index (κ3) is 11.1. The Morgan fingerprint density at radius 1 is 0.860 bits per heavy atom. The van der Waals surface area contributed by atoms with Gasteiger partial charge in [-0.05, 0) is 32.4 Å². The maximum Gasteiger partial charge on any atom is 1.00 e. The average molecular weight is 686 g/mol. The van der Waals surface area contributed by atoms with Gasteiger partial charge in [0, 0.05) is 41.8 Å². The normalized spacial score (nSPS) is 9.66. The summed E-state index contributed by atoms with van der Waals surface area (Å²) >= 11 is 0. The maximum absolute atomic E-state index is 12.4. The second kappa shape index (κ2) is 19.2.